The molecule has 18 heavy (non-hydrogen) atoms. The first kappa shape index (κ1) is 12.8. The van der Waals surface area contributed by atoms with Crippen LogP contribution in [0.5, 0.6) is 0 Å². The Morgan fingerprint density at radius 1 is 1.28 bits per heavy atom. The molecule has 0 unspecified atom stereocenters. The van der Waals surface area contributed by atoms with Crippen molar-refractivity contribution in [3.8, 4) is 0 Å². The summed E-state index contributed by atoms with van der Waals surface area (Å²) in [4.78, 5) is 12.6. The summed E-state index contributed by atoms with van der Waals surface area (Å²) in [6.07, 6.45) is 0. The predicted molar refractivity (Wildman–Crippen MR) is 70.5 cm³/mol. The van der Waals surface area contributed by atoms with Gasteiger partial charge < -0.3 is 10.3 Å². The molecule has 0 amide bonds. The van der Waals surface area contributed by atoms with Crippen molar-refractivity contribution in [1.82, 2.24) is 9.91 Å². The van der Waals surface area contributed by atoms with Crippen LogP contribution >= 0.6 is 0 Å². The average molecular weight is 250 g/mol. The maximum absolute atomic E-state index is 10.7. The molecule has 1 aromatic rings. The van der Waals surface area contributed by atoms with Crippen LogP contribution in [-0.2, 0) is 0 Å². The highest BCUT2D eigenvalue weighted by atomic mass is 16.6. The molecule has 1 aliphatic heterocycles. The first-order chi connectivity index (χ1) is 8.56. The summed E-state index contributed by atoms with van der Waals surface area (Å²) in [6, 6.07) is 4.90. The molecule has 1 N–H and O–H groups in total. The number of hydrazine groups is 1. The van der Waals surface area contributed by atoms with E-state index < -0.39 is 0 Å². The second-order valence-electron chi connectivity index (χ2n) is 4.66. The summed E-state index contributed by atoms with van der Waals surface area (Å²) in [5.41, 5.74) is 5.28. The average Bonchev–Trinajstić information content (AvgIpc) is 2.34. The molecule has 98 valence electrons. The van der Waals surface area contributed by atoms with E-state index in [0.29, 0.717) is 0 Å². The summed E-state index contributed by atoms with van der Waals surface area (Å²) in [6.45, 7) is 5.84. The Kier molecular flexibility index (Phi) is 3.78. The van der Waals surface area contributed by atoms with Crippen molar-refractivity contribution in [2.75, 3.05) is 38.7 Å². The Balaban J connectivity index is 2.03. The second-order valence-corrected chi connectivity index (χ2v) is 4.66. The number of rotatable bonds is 3. The number of hydrogen-bond acceptors (Lipinski definition) is 5. The Morgan fingerprint density at radius 3 is 2.50 bits per heavy atom. The highest BCUT2D eigenvalue weighted by Crippen LogP contribution is 2.21. The smallest absolute Gasteiger partial charge is 0.269 e. The summed E-state index contributed by atoms with van der Waals surface area (Å²) >= 11 is 0. The monoisotopic (exact) mass is 250 g/mol. The third kappa shape index (κ3) is 2.96. The third-order valence-corrected chi connectivity index (χ3v) is 3.20. The number of nitro groups is 1. The fourth-order valence-corrected chi connectivity index (χ4v) is 1.98. The minimum atomic E-state index is -0.368. The zero-order chi connectivity index (χ0) is 13.1. The SMILES string of the molecule is Cc1cc([N+](=O)[O-])ccc1NN1CCN(C)CC1. The first-order valence-corrected chi connectivity index (χ1v) is 6.01. The second kappa shape index (κ2) is 5.32. The molecule has 0 aliphatic carbocycles. The number of hydrogen-bond donors (Lipinski definition) is 1. The van der Waals surface area contributed by atoms with Crippen LogP contribution in [-0.4, -0.2) is 48.1 Å². The van der Waals surface area contributed by atoms with Crippen LogP contribution in [0, 0.1) is 17.0 Å². The number of aryl methyl sites for hydroxylation is 1. The van der Waals surface area contributed by atoms with Crippen molar-refractivity contribution < 1.29 is 4.92 Å². The molecule has 0 bridgehead atoms. The van der Waals surface area contributed by atoms with Crippen molar-refractivity contribution >= 4 is 11.4 Å². The molecule has 0 radical (unpaired) electrons. The van der Waals surface area contributed by atoms with Crippen LogP contribution in [0.4, 0.5) is 11.4 Å². The molecule has 1 saturated heterocycles. The quantitative estimate of drug-likeness (QED) is 0.650. The normalized spacial score (nSPS) is 17.7. The Hall–Kier alpha value is -1.66. The zero-order valence-corrected chi connectivity index (χ0v) is 10.7. The molecule has 1 aromatic carbocycles. The fourth-order valence-electron chi connectivity index (χ4n) is 1.98. The van der Waals surface area contributed by atoms with Crippen molar-refractivity contribution in [3.63, 3.8) is 0 Å². The van der Waals surface area contributed by atoms with Crippen LogP contribution in [0.2, 0.25) is 0 Å². The minimum absolute atomic E-state index is 0.136. The molecular formula is C12H18N4O2. The van der Waals surface area contributed by atoms with Crippen LogP contribution in [0.15, 0.2) is 18.2 Å². The Labute approximate surface area is 106 Å². The number of piperazine rings is 1. The lowest BCUT2D eigenvalue weighted by Gasteiger charge is -2.33. The lowest BCUT2D eigenvalue weighted by atomic mass is 10.2. The van der Waals surface area contributed by atoms with Gasteiger partial charge in [-0.1, -0.05) is 0 Å². The fraction of sp³-hybridized carbons (Fsp3) is 0.500. The molecule has 1 fully saturated rings. The molecule has 0 aromatic heterocycles. The molecule has 6 heteroatoms. The zero-order valence-electron chi connectivity index (χ0n) is 10.7. The van der Waals surface area contributed by atoms with Crippen molar-refractivity contribution in [3.05, 3.63) is 33.9 Å². The van der Waals surface area contributed by atoms with Crippen molar-refractivity contribution in [2.45, 2.75) is 6.92 Å². The molecule has 0 atom stereocenters. The topological polar surface area (TPSA) is 61.7 Å². The van der Waals surface area contributed by atoms with Crippen molar-refractivity contribution in [1.29, 1.82) is 0 Å². The van der Waals surface area contributed by atoms with Gasteiger partial charge in [0.25, 0.3) is 5.69 Å². The molecule has 1 heterocycles. The van der Waals surface area contributed by atoms with E-state index in [2.05, 4.69) is 22.4 Å². The van der Waals surface area contributed by atoms with E-state index in [1.165, 1.54) is 6.07 Å². The van der Waals surface area contributed by atoms with E-state index >= 15 is 0 Å². The van der Waals surface area contributed by atoms with E-state index in [1.54, 1.807) is 12.1 Å². The van der Waals surface area contributed by atoms with E-state index in [9.17, 15) is 10.1 Å². The van der Waals surface area contributed by atoms with Gasteiger partial charge >= 0.3 is 0 Å². The number of nitrogens with one attached hydrogen (secondary N) is 1. The number of benzene rings is 1. The maximum atomic E-state index is 10.7. The van der Waals surface area contributed by atoms with E-state index in [0.717, 1.165) is 37.4 Å². The van der Waals surface area contributed by atoms with Crippen LogP contribution in [0.3, 0.4) is 0 Å². The van der Waals surface area contributed by atoms with Crippen LogP contribution in [0.1, 0.15) is 5.56 Å². The molecule has 0 saturated carbocycles. The summed E-state index contributed by atoms with van der Waals surface area (Å²) in [5.74, 6) is 0. The van der Waals surface area contributed by atoms with Crippen LogP contribution < -0.4 is 5.43 Å². The lowest BCUT2D eigenvalue weighted by Crippen LogP contribution is -2.47. The van der Waals surface area contributed by atoms with E-state index in [-0.39, 0.29) is 10.6 Å². The number of likely N-dealkylation sites (N-methyl/N-ethyl adjacent to an activating group) is 1. The first-order valence-electron chi connectivity index (χ1n) is 6.01. The third-order valence-electron chi connectivity index (χ3n) is 3.20. The van der Waals surface area contributed by atoms with Gasteiger partial charge in [-0.15, -0.1) is 0 Å². The van der Waals surface area contributed by atoms with Gasteiger partial charge in [0.2, 0.25) is 0 Å². The maximum Gasteiger partial charge on any atom is 0.269 e. The van der Waals surface area contributed by atoms with Gasteiger partial charge in [0, 0.05) is 38.3 Å². The van der Waals surface area contributed by atoms with Gasteiger partial charge in [0.05, 0.1) is 10.6 Å². The summed E-state index contributed by atoms with van der Waals surface area (Å²) in [5, 5.41) is 12.8. The highest BCUT2D eigenvalue weighted by molar-refractivity contribution is 5.54. The van der Waals surface area contributed by atoms with E-state index in [4.69, 9.17) is 0 Å². The molecule has 0 spiro atoms. The number of anilines is 1. The largest absolute Gasteiger partial charge is 0.319 e. The number of nitrogens with zero attached hydrogens (tertiary/aromatic N) is 3. The standard InChI is InChI=1S/C12H18N4O2/c1-10-9-11(16(17)18)3-4-12(10)13-15-7-5-14(2)6-8-15/h3-4,9,13H,5-8H2,1-2H3. The Bertz CT molecular complexity index is 442. The van der Waals surface area contributed by atoms with Gasteiger partial charge in [-0.25, -0.2) is 5.01 Å². The van der Waals surface area contributed by atoms with Gasteiger partial charge in [-0.05, 0) is 25.6 Å². The lowest BCUT2D eigenvalue weighted by molar-refractivity contribution is -0.384. The number of non-ortho nitro benzene ring substituents is 1. The van der Waals surface area contributed by atoms with Gasteiger partial charge in [-0.2, -0.15) is 0 Å². The molecule has 1 aliphatic rings. The molecule has 2 rings (SSSR count). The van der Waals surface area contributed by atoms with E-state index in [1.807, 2.05) is 6.92 Å². The minimum Gasteiger partial charge on any atom is -0.319 e. The summed E-state index contributed by atoms with van der Waals surface area (Å²) in [7, 11) is 2.11. The highest BCUT2D eigenvalue weighted by Gasteiger charge is 2.15. The number of nitro benzene ring substituents is 1. The molecular weight excluding hydrogens is 232 g/mol. The summed E-state index contributed by atoms with van der Waals surface area (Å²) < 4.78 is 0. The Morgan fingerprint density at radius 2 is 1.94 bits per heavy atom. The van der Waals surface area contributed by atoms with Gasteiger partial charge in [0.1, 0.15) is 0 Å². The van der Waals surface area contributed by atoms with Gasteiger partial charge in [0.15, 0.2) is 0 Å². The van der Waals surface area contributed by atoms with Crippen LogP contribution in [0.25, 0.3) is 0 Å². The van der Waals surface area contributed by atoms with Gasteiger partial charge in [-0.3, -0.25) is 10.1 Å². The van der Waals surface area contributed by atoms with Crippen molar-refractivity contribution in [2.24, 2.45) is 0 Å². The predicted octanol–water partition coefficient (Wildman–Crippen LogP) is 1.48. The molecule has 6 nitrogen and oxygen atoms in total.